The highest BCUT2D eigenvalue weighted by molar-refractivity contribution is 6.31. The minimum atomic E-state index is -0.128. The van der Waals surface area contributed by atoms with E-state index in [0.29, 0.717) is 5.57 Å². The number of nitrogens with zero attached hydrogens (tertiary/aromatic N) is 2. The molecule has 6 heteroatoms. The number of benzene rings is 1. The number of nitrogens with one attached hydrogen (secondary N) is 2. The average molecular weight is 320 g/mol. The largest absolute Gasteiger partial charge is 0.464 e. The van der Waals surface area contributed by atoms with Gasteiger partial charge in [0, 0.05) is 35.6 Å². The summed E-state index contributed by atoms with van der Waals surface area (Å²) >= 11 is 0. The molecule has 0 saturated heterocycles. The van der Waals surface area contributed by atoms with Crippen LogP contribution < -0.4 is 10.6 Å². The molecule has 0 fully saturated rings. The molecule has 1 aliphatic rings. The van der Waals surface area contributed by atoms with Crippen molar-refractivity contribution < 1.29 is 9.21 Å². The Kier molecular flexibility index (Phi) is 3.42. The minimum absolute atomic E-state index is 0.128. The second kappa shape index (κ2) is 5.73. The Balaban J connectivity index is 1.65. The zero-order valence-electron chi connectivity index (χ0n) is 13.1. The number of aromatic nitrogens is 2. The van der Waals surface area contributed by atoms with Crippen molar-refractivity contribution in [1.82, 2.24) is 9.78 Å². The molecule has 2 aromatic heterocycles. The highest BCUT2D eigenvalue weighted by atomic mass is 16.3. The molecular formula is C18H16N4O2. The van der Waals surface area contributed by atoms with Crippen LogP contribution in [0.3, 0.4) is 0 Å². The Labute approximate surface area is 138 Å². The summed E-state index contributed by atoms with van der Waals surface area (Å²) in [5.41, 5.74) is 3.17. The predicted octanol–water partition coefficient (Wildman–Crippen LogP) is 3.57. The predicted molar refractivity (Wildman–Crippen MR) is 92.3 cm³/mol. The molecule has 0 spiro atoms. The maximum absolute atomic E-state index is 12.3. The fourth-order valence-corrected chi connectivity index (χ4v) is 2.79. The first-order valence-corrected chi connectivity index (χ1v) is 7.74. The average Bonchev–Trinajstić information content (AvgIpc) is 3.32. The van der Waals surface area contributed by atoms with Crippen molar-refractivity contribution in [3.05, 3.63) is 60.6 Å². The van der Waals surface area contributed by atoms with Crippen molar-refractivity contribution >= 4 is 23.0 Å². The number of hydrogen-bond donors (Lipinski definition) is 2. The lowest BCUT2D eigenvalue weighted by Crippen LogP contribution is -2.07. The molecule has 2 N–H and O–H groups in total. The SMILES string of the molecule is CCn1nccc1N/C=C1/C(=O)Nc2cc(-c3ccco3)ccc21. The Bertz CT molecular complexity index is 922. The first-order valence-electron chi connectivity index (χ1n) is 7.74. The Morgan fingerprint density at radius 2 is 2.25 bits per heavy atom. The van der Waals surface area contributed by atoms with Gasteiger partial charge in [-0.05, 0) is 25.1 Å². The van der Waals surface area contributed by atoms with Gasteiger partial charge in [0.25, 0.3) is 5.91 Å². The number of carbonyl (C=O) groups is 1. The first-order chi connectivity index (χ1) is 11.8. The van der Waals surface area contributed by atoms with E-state index in [1.165, 1.54) is 0 Å². The van der Waals surface area contributed by atoms with Crippen molar-refractivity contribution in [2.24, 2.45) is 0 Å². The molecule has 1 aliphatic heterocycles. The van der Waals surface area contributed by atoms with Gasteiger partial charge in [-0.3, -0.25) is 4.79 Å². The third-order valence-corrected chi connectivity index (χ3v) is 3.99. The summed E-state index contributed by atoms with van der Waals surface area (Å²) in [5.74, 6) is 1.49. The molecule has 0 atom stereocenters. The van der Waals surface area contributed by atoms with Crippen LogP contribution in [0.25, 0.3) is 16.9 Å². The molecule has 0 radical (unpaired) electrons. The molecule has 3 heterocycles. The monoisotopic (exact) mass is 320 g/mol. The normalized spacial score (nSPS) is 14.7. The summed E-state index contributed by atoms with van der Waals surface area (Å²) in [6, 6.07) is 11.4. The Morgan fingerprint density at radius 1 is 1.33 bits per heavy atom. The summed E-state index contributed by atoms with van der Waals surface area (Å²) in [6.45, 7) is 2.77. The van der Waals surface area contributed by atoms with E-state index in [2.05, 4.69) is 15.7 Å². The van der Waals surface area contributed by atoms with Gasteiger partial charge in [-0.25, -0.2) is 4.68 Å². The molecular weight excluding hydrogens is 304 g/mol. The van der Waals surface area contributed by atoms with Gasteiger partial charge in [0.15, 0.2) is 0 Å². The Morgan fingerprint density at radius 3 is 3.04 bits per heavy atom. The van der Waals surface area contributed by atoms with Crippen LogP contribution in [0.15, 0.2) is 59.5 Å². The first kappa shape index (κ1) is 14.3. The fourth-order valence-electron chi connectivity index (χ4n) is 2.79. The van der Waals surface area contributed by atoms with E-state index in [-0.39, 0.29) is 5.91 Å². The van der Waals surface area contributed by atoms with Crippen molar-refractivity contribution in [3.63, 3.8) is 0 Å². The van der Waals surface area contributed by atoms with E-state index in [9.17, 15) is 4.79 Å². The second-order valence-corrected chi connectivity index (χ2v) is 5.43. The van der Waals surface area contributed by atoms with Crippen LogP contribution in [0.5, 0.6) is 0 Å². The van der Waals surface area contributed by atoms with E-state index >= 15 is 0 Å². The lowest BCUT2D eigenvalue weighted by Gasteiger charge is -2.05. The van der Waals surface area contributed by atoms with Crippen molar-refractivity contribution in [1.29, 1.82) is 0 Å². The van der Waals surface area contributed by atoms with E-state index in [4.69, 9.17) is 4.42 Å². The number of fused-ring (bicyclic) bond motifs is 1. The zero-order chi connectivity index (χ0) is 16.5. The van der Waals surface area contributed by atoms with Crippen molar-refractivity contribution in [2.75, 3.05) is 10.6 Å². The van der Waals surface area contributed by atoms with Crippen LogP contribution in [-0.4, -0.2) is 15.7 Å². The summed E-state index contributed by atoms with van der Waals surface area (Å²) < 4.78 is 7.23. The number of anilines is 2. The zero-order valence-corrected chi connectivity index (χ0v) is 13.1. The highest BCUT2D eigenvalue weighted by Crippen LogP contribution is 2.35. The third kappa shape index (κ3) is 2.38. The number of hydrogen-bond acceptors (Lipinski definition) is 4. The number of aryl methyl sites for hydroxylation is 1. The van der Waals surface area contributed by atoms with Gasteiger partial charge < -0.3 is 15.1 Å². The topological polar surface area (TPSA) is 72.1 Å². The molecule has 4 rings (SSSR count). The molecule has 1 aromatic carbocycles. The minimum Gasteiger partial charge on any atom is -0.464 e. The van der Waals surface area contributed by atoms with Gasteiger partial charge in [-0.1, -0.05) is 12.1 Å². The Hall–Kier alpha value is -3.28. The van der Waals surface area contributed by atoms with Crippen LogP contribution in [-0.2, 0) is 11.3 Å². The van der Waals surface area contributed by atoms with Gasteiger partial charge in [0.05, 0.1) is 18.0 Å². The molecule has 24 heavy (non-hydrogen) atoms. The molecule has 1 amide bonds. The van der Waals surface area contributed by atoms with Gasteiger partial charge in [-0.15, -0.1) is 0 Å². The maximum atomic E-state index is 12.3. The molecule has 0 saturated carbocycles. The highest BCUT2D eigenvalue weighted by Gasteiger charge is 2.24. The van der Waals surface area contributed by atoms with Gasteiger partial charge in [-0.2, -0.15) is 5.10 Å². The van der Waals surface area contributed by atoms with Crippen LogP contribution in [0.4, 0.5) is 11.5 Å². The van der Waals surface area contributed by atoms with Gasteiger partial charge >= 0.3 is 0 Å². The molecule has 6 nitrogen and oxygen atoms in total. The van der Waals surface area contributed by atoms with Crippen LogP contribution >= 0.6 is 0 Å². The quantitative estimate of drug-likeness (QED) is 0.721. The molecule has 0 bridgehead atoms. The number of carbonyl (C=O) groups excluding carboxylic acids is 1. The number of amides is 1. The molecule has 120 valence electrons. The van der Waals surface area contributed by atoms with Crippen LogP contribution in [0.1, 0.15) is 12.5 Å². The molecule has 0 aliphatic carbocycles. The van der Waals surface area contributed by atoms with E-state index in [0.717, 1.165) is 34.9 Å². The third-order valence-electron chi connectivity index (χ3n) is 3.99. The van der Waals surface area contributed by atoms with Crippen LogP contribution in [0, 0.1) is 0 Å². The second-order valence-electron chi connectivity index (χ2n) is 5.43. The lowest BCUT2D eigenvalue weighted by molar-refractivity contribution is -0.110. The van der Waals surface area contributed by atoms with Crippen molar-refractivity contribution in [3.8, 4) is 11.3 Å². The smallest absolute Gasteiger partial charge is 0.257 e. The maximum Gasteiger partial charge on any atom is 0.257 e. The summed E-state index contributed by atoms with van der Waals surface area (Å²) in [4.78, 5) is 12.3. The standard InChI is InChI=1S/C18H16N4O2/c1-2-22-17(7-8-20-22)19-11-14-13-6-5-12(16-4-3-9-24-16)10-15(13)21-18(14)23/h3-11,19H,2H2,1H3,(H,21,23)/b14-11+. The number of furan rings is 1. The van der Waals surface area contributed by atoms with Crippen molar-refractivity contribution in [2.45, 2.75) is 13.5 Å². The molecule has 0 unspecified atom stereocenters. The number of rotatable bonds is 4. The van der Waals surface area contributed by atoms with Gasteiger partial charge in [0.2, 0.25) is 0 Å². The van der Waals surface area contributed by atoms with E-state index in [1.54, 1.807) is 18.7 Å². The summed E-state index contributed by atoms with van der Waals surface area (Å²) in [7, 11) is 0. The van der Waals surface area contributed by atoms with E-state index in [1.807, 2.05) is 48.0 Å². The summed E-state index contributed by atoms with van der Waals surface area (Å²) in [6.07, 6.45) is 5.08. The fraction of sp³-hybridized carbons (Fsp3) is 0.111. The van der Waals surface area contributed by atoms with Crippen LogP contribution in [0.2, 0.25) is 0 Å². The van der Waals surface area contributed by atoms with E-state index < -0.39 is 0 Å². The summed E-state index contributed by atoms with van der Waals surface area (Å²) in [5, 5.41) is 10.3. The molecule has 3 aromatic rings. The van der Waals surface area contributed by atoms with Gasteiger partial charge in [0.1, 0.15) is 11.6 Å². The lowest BCUT2D eigenvalue weighted by atomic mass is 10.0.